The van der Waals surface area contributed by atoms with Gasteiger partial charge in [0.05, 0.1) is 0 Å². The molecule has 1 aliphatic carbocycles. The van der Waals surface area contributed by atoms with E-state index in [2.05, 4.69) is 0 Å². The summed E-state index contributed by atoms with van der Waals surface area (Å²) in [5.41, 5.74) is 3.35. The first-order valence-corrected chi connectivity index (χ1v) is 9.60. The Hall–Kier alpha value is -2.14. The van der Waals surface area contributed by atoms with Gasteiger partial charge >= 0.3 is 5.97 Å². The Morgan fingerprint density at radius 3 is 2.84 bits per heavy atom. The SMILES string of the molecule is C[C@@H]1Cc2ccccc2N1C(=O)[C@@H](C)OC(=O)c1cc2c(s1)CCC2. The van der Waals surface area contributed by atoms with Gasteiger partial charge in [-0.3, -0.25) is 4.79 Å². The van der Waals surface area contributed by atoms with Crippen LogP contribution in [0.25, 0.3) is 0 Å². The number of anilines is 1. The normalized spacial score (nSPS) is 19.4. The van der Waals surface area contributed by atoms with E-state index in [-0.39, 0.29) is 17.9 Å². The number of amides is 1. The molecule has 0 N–H and O–H groups in total. The number of nitrogens with zero attached hydrogens (tertiary/aromatic N) is 1. The average Bonchev–Trinajstić information content (AvgIpc) is 3.25. The first kappa shape index (κ1) is 16.3. The van der Waals surface area contributed by atoms with Gasteiger partial charge in [0.1, 0.15) is 4.88 Å². The number of aryl methyl sites for hydroxylation is 2. The Balaban J connectivity index is 1.48. The van der Waals surface area contributed by atoms with Gasteiger partial charge in [-0.25, -0.2) is 4.79 Å². The number of para-hydroxylation sites is 1. The molecule has 2 heterocycles. The molecule has 1 amide bonds. The third-order valence-electron chi connectivity index (χ3n) is 5.02. The number of benzene rings is 1. The molecule has 0 saturated carbocycles. The summed E-state index contributed by atoms with van der Waals surface area (Å²) < 4.78 is 5.49. The number of carbonyl (C=O) groups excluding carboxylic acids is 2. The fraction of sp³-hybridized carbons (Fsp3) is 0.400. The maximum Gasteiger partial charge on any atom is 0.349 e. The van der Waals surface area contributed by atoms with Gasteiger partial charge in [-0.05, 0) is 62.8 Å². The van der Waals surface area contributed by atoms with E-state index < -0.39 is 6.10 Å². The third kappa shape index (κ3) is 2.86. The van der Waals surface area contributed by atoms with E-state index in [1.165, 1.54) is 21.8 Å². The Labute approximate surface area is 151 Å². The van der Waals surface area contributed by atoms with E-state index in [9.17, 15) is 9.59 Å². The van der Waals surface area contributed by atoms with Crippen LogP contribution in [0.3, 0.4) is 0 Å². The largest absolute Gasteiger partial charge is 0.448 e. The monoisotopic (exact) mass is 355 g/mol. The van der Waals surface area contributed by atoms with E-state index in [0.29, 0.717) is 4.88 Å². The predicted molar refractivity (Wildman–Crippen MR) is 98.3 cm³/mol. The van der Waals surface area contributed by atoms with Crippen LogP contribution in [-0.2, 0) is 28.8 Å². The van der Waals surface area contributed by atoms with Crippen LogP contribution in [0.15, 0.2) is 30.3 Å². The van der Waals surface area contributed by atoms with Crippen molar-refractivity contribution < 1.29 is 14.3 Å². The number of fused-ring (bicyclic) bond motifs is 2. The summed E-state index contributed by atoms with van der Waals surface area (Å²) in [6.45, 7) is 3.69. The second-order valence-electron chi connectivity index (χ2n) is 6.85. The van der Waals surface area contributed by atoms with E-state index in [0.717, 1.165) is 36.9 Å². The van der Waals surface area contributed by atoms with E-state index in [1.54, 1.807) is 11.8 Å². The zero-order chi connectivity index (χ0) is 17.6. The fourth-order valence-electron chi connectivity index (χ4n) is 3.80. The lowest BCUT2D eigenvalue weighted by atomic mass is 10.1. The van der Waals surface area contributed by atoms with Gasteiger partial charge in [-0.2, -0.15) is 0 Å². The zero-order valence-electron chi connectivity index (χ0n) is 14.5. The van der Waals surface area contributed by atoms with Crippen molar-refractivity contribution in [3.05, 3.63) is 51.2 Å². The van der Waals surface area contributed by atoms with Gasteiger partial charge in [0, 0.05) is 16.6 Å². The molecule has 0 spiro atoms. The Morgan fingerprint density at radius 1 is 1.24 bits per heavy atom. The molecule has 2 aliphatic rings. The summed E-state index contributed by atoms with van der Waals surface area (Å²) in [6.07, 6.45) is 3.29. The summed E-state index contributed by atoms with van der Waals surface area (Å²) >= 11 is 1.51. The molecule has 4 nitrogen and oxygen atoms in total. The number of hydrogen-bond donors (Lipinski definition) is 0. The number of hydrogen-bond acceptors (Lipinski definition) is 4. The molecule has 25 heavy (non-hydrogen) atoms. The first-order chi connectivity index (χ1) is 12.0. The van der Waals surface area contributed by atoms with Gasteiger partial charge in [-0.15, -0.1) is 11.3 Å². The van der Waals surface area contributed by atoms with Crippen molar-refractivity contribution in [2.75, 3.05) is 4.90 Å². The van der Waals surface area contributed by atoms with Gasteiger partial charge in [0.2, 0.25) is 0 Å². The van der Waals surface area contributed by atoms with Gasteiger partial charge in [0.25, 0.3) is 5.91 Å². The topological polar surface area (TPSA) is 46.6 Å². The summed E-state index contributed by atoms with van der Waals surface area (Å²) in [5.74, 6) is -0.546. The van der Waals surface area contributed by atoms with Crippen LogP contribution in [0.5, 0.6) is 0 Å². The average molecular weight is 355 g/mol. The Kier molecular flexibility index (Phi) is 4.12. The highest BCUT2D eigenvalue weighted by atomic mass is 32.1. The molecular weight excluding hydrogens is 334 g/mol. The number of thiophene rings is 1. The number of ether oxygens (including phenoxy) is 1. The quantitative estimate of drug-likeness (QED) is 0.788. The second-order valence-corrected chi connectivity index (χ2v) is 7.99. The number of rotatable bonds is 3. The van der Waals surface area contributed by atoms with Crippen molar-refractivity contribution >= 4 is 28.9 Å². The van der Waals surface area contributed by atoms with Crippen LogP contribution < -0.4 is 4.90 Å². The first-order valence-electron chi connectivity index (χ1n) is 8.78. The molecule has 1 aromatic heterocycles. The summed E-state index contributed by atoms with van der Waals surface area (Å²) in [7, 11) is 0. The van der Waals surface area contributed by atoms with Crippen molar-refractivity contribution in [2.24, 2.45) is 0 Å². The highest BCUT2D eigenvalue weighted by molar-refractivity contribution is 7.14. The molecule has 1 aliphatic heterocycles. The molecule has 0 bridgehead atoms. The van der Waals surface area contributed by atoms with Crippen LogP contribution in [0.4, 0.5) is 5.69 Å². The van der Waals surface area contributed by atoms with Crippen LogP contribution in [-0.4, -0.2) is 24.0 Å². The molecule has 130 valence electrons. The molecule has 5 heteroatoms. The summed E-state index contributed by atoms with van der Waals surface area (Å²) in [6, 6.07) is 9.93. The maximum absolute atomic E-state index is 12.9. The summed E-state index contributed by atoms with van der Waals surface area (Å²) in [5, 5.41) is 0. The smallest absolute Gasteiger partial charge is 0.349 e. The summed E-state index contributed by atoms with van der Waals surface area (Å²) in [4.78, 5) is 29.0. The minimum absolute atomic E-state index is 0.0802. The maximum atomic E-state index is 12.9. The fourth-order valence-corrected chi connectivity index (χ4v) is 4.93. The highest BCUT2D eigenvalue weighted by Crippen LogP contribution is 2.33. The molecule has 1 aromatic carbocycles. The van der Waals surface area contributed by atoms with Crippen molar-refractivity contribution in [1.29, 1.82) is 0 Å². The highest BCUT2D eigenvalue weighted by Gasteiger charge is 2.34. The molecule has 0 fully saturated rings. The van der Waals surface area contributed by atoms with E-state index >= 15 is 0 Å². The lowest BCUT2D eigenvalue weighted by Crippen LogP contribution is -2.43. The molecule has 2 aromatic rings. The van der Waals surface area contributed by atoms with Crippen LogP contribution in [0.1, 0.15) is 45.9 Å². The van der Waals surface area contributed by atoms with Crippen LogP contribution >= 0.6 is 11.3 Å². The predicted octanol–water partition coefficient (Wildman–Crippen LogP) is 3.76. The zero-order valence-corrected chi connectivity index (χ0v) is 15.3. The number of carbonyl (C=O) groups is 2. The second kappa shape index (κ2) is 6.30. The van der Waals surface area contributed by atoms with Crippen molar-refractivity contribution in [3.63, 3.8) is 0 Å². The molecule has 0 unspecified atom stereocenters. The van der Waals surface area contributed by atoms with Crippen molar-refractivity contribution in [1.82, 2.24) is 0 Å². The van der Waals surface area contributed by atoms with Crippen molar-refractivity contribution in [2.45, 2.75) is 51.7 Å². The lowest BCUT2D eigenvalue weighted by molar-refractivity contribution is -0.126. The van der Waals surface area contributed by atoms with Gasteiger partial charge in [-0.1, -0.05) is 18.2 Å². The van der Waals surface area contributed by atoms with Gasteiger partial charge in [0.15, 0.2) is 6.10 Å². The van der Waals surface area contributed by atoms with Crippen LogP contribution in [0.2, 0.25) is 0 Å². The van der Waals surface area contributed by atoms with E-state index in [4.69, 9.17) is 4.74 Å². The minimum Gasteiger partial charge on any atom is -0.448 e. The molecule has 4 rings (SSSR count). The Bertz CT molecular complexity index is 820. The molecular formula is C20H21NO3S. The molecule has 0 radical (unpaired) electrons. The van der Waals surface area contributed by atoms with Crippen LogP contribution in [0, 0.1) is 0 Å². The lowest BCUT2D eigenvalue weighted by Gasteiger charge is -2.25. The molecule has 2 atom stereocenters. The Morgan fingerprint density at radius 2 is 2.04 bits per heavy atom. The standard InChI is InChI=1S/C20H21NO3S/c1-12-10-14-6-3-4-8-16(14)21(12)19(22)13(2)24-20(23)18-11-15-7-5-9-17(15)25-18/h3-4,6,8,11-13H,5,7,9-10H2,1-2H3/t12-,13-/m1/s1. The van der Waals surface area contributed by atoms with Gasteiger partial charge < -0.3 is 9.64 Å². The minimum atomic E-state index is -0.793. The van der Waals surface area contributed by atoms with E-state index in [1.807, 2.05) is 37.3 Å². The number of esters is 1. The third-order valence-corrected chi connectivity index (χ3v) is 6.24. The molecule has 0 saturated heterocycles. The van der Waals surface area contributed by atoms with Crippen molar-refractivity contribution in [3.8, 4) is 0 Å².